The Kier molecular flexibility index (Phi) is 3.65. The number of non-ortho nitro benzene ring substituents is 1. The van der Waals surface area contributed by atoms with Gasteiger partial charge in [0.2, 0.25) is 5.88 Å². The average molecular weight is 393 g/mol. The fourth-order valence-electron chi connectivity index (χ4n) is 1.85. The van der Waals surface area contributed by atoms with Crippen molar-refractivity contribution in [2.24, 2.45) is 0 Å². The molecule has 1 heterocycles. The van der Waals surface area contributed by atoms with Crippen LogP contribution in [0.4, 0.5) is 5.69 Å². The van der Waals surface area contributed by atoms with Crippen molar-refractivity contribution in [1.82, 2.24) is 9.97 Å². The van der Waals surface area contributed by atoms with E-state index in [0.29, 0.717) is 22.5 Å². The van der Waals surface area contributed by atoms with Crippen molar-refractivity contribution < 1.29 is 9.66 Å². The summed E-state index contributed by atoms with van der Waals surface area (Å²) >= 11 is 2.15. The van der Waals surface area contributed by atoms with E-state index in [-0.39, 0.29) is 5.69 Å². The normalized spacial score (nSPS) is 10.5. The standard InChI is InChI=1S/C14H8IN3O3/c15-11-3-1-2-4-13(11)21-14-10-7-9(18(19)20)5-6-12(10)16-8-17-14/h1-8H. The maximum atomic E-state index is 10.9. The molecule has 2 aromatic carbocycles. The van der Waals surface area contributed by atoms with E-state index in [1.807, 2.05) is 24.3 Å². The van der Waals surface area contributed by atoms with E-state index in [1.54, 1.807) is 6.07 Å². The first-order valence-electron chi connectivity index (χ1n) is 5.96. The van der Waals surface area contributed by atoms with Crippen molar-refractivity contribution in [2.45, 2.75) is 0 Å². The number of para-hydroxylation sites is 1. The molecule has 0 N–H and O–H groups in total. The summed E-state index contributed by atoms with van der Waals surface area (Å²) in [5.41, 5.74) is 0.571. The van der Waals surface area contributed by atoms with Crippen LogP contribution in [0.2, 0.25) is 0 Å². The van der Waals surface area contributed by atoms with E-state index >= 15 is 0 Å². The minimum absolute atomic E-state index is 0.0232. The smallest absolute Gasteiger partial charge is 0.270 e. The fourth-order valence-corrected chi connectivity index (χ4v) is 2.34. The Hall–Kier alpha value is -2.29. The summed E-state index contributed by atoms with van der Waals surface area (Å²) in [6, 6.07) is 11.9. The lowest BCUT2D eigenvalue weighted by Crippen LogP contribution is -1.94. The summed E-state index contributed by atoms with van der Waals surface area (Å²) in [7, 11) is 0. The van der Waals surface area contributed by atoms with Crippen molar-refractivity contribution in [3.05, 3.63) is 62.5 Å². The van der Waals surface area contributed by atoms with Gasteiger partial charge in [0.05, 0.1) is 19.4 Å². The monoisotopic (exact) mass is 393 g/mol. The molecule has 0 saturated heterocycles. The summed E-state index contributed by atoms with van der Waals surface area (Å²) in [6.07, 6.45) is 1.37. The van der Waals surface area contributed by atoms with Gasteiger partial charge in [0.1, 0.15) is 12.1 Å². The van der Waals surface area contributed by atoms with Crippen LogP contribution in [0.3, 0.4) is 0 Å². The zero-order valence-corrected chi connectivity index (χ0v) is 12.7. The van der Waals surface area contributed by atoms with Crippen LogP contribution in [-0.4, -0.2) is 14.9 Å². The lowest BCUT2D eigenvalue weighted by atomic mass is 10.2. The number of rotatable bonds is 3. The number of hydrogen-bond acceptors (Lipinski definition) is 5. The van der Waals surface area contributed by atoms with Crippen molar-refractivity contribution in [3.8, 4) is 11.6 Å². The molecule has 0 saturated carbocycles. The second-order valence-corrected chi connectivity index (χ2v) is 5.33. The van der Waals surface area contributed by atoms with Crippen LogP contribution >= 0.6 is 22.6 Å². The Labute approximate surface area is 133 Å². The number of hydrogen-bond donors (Lipinski definition) is 0. The lowest BCUT2D eigenvalue weighted by molar-refractivity contribution is -0.384. The van der Waals surface area contributed by atoms with Crippen molar-refractivity contribution in [1.29, 1.82) is 0 Å². The number of nitro benzene ring substituents is 1. The highest BCUT2D eigenvalue weighted by molar-refractivity contribution is 14.1. The molecule has 21 heavy (non-hydrogen) atoms. The molecule has 0 bridgehead atoms. The molecule has 1 aromatic heterocycles. The van der Waals surface area contributed by atoms with Crippen LogP contribution in [0.25, 0.3) is 10.9 Å². The Bertz CT molecular complexity index is 839. The van der Waals surface area contributed by atoms with Gasteiger partial charge in [-0.05, 0) is 40.8 Å². The molecular formula is C14H8IN3O3. The van der Waals surface area contributed by atoms with Gasteiger partial charge in [-0.25, -0.2) is 9.97 Å². The molecule has 0 unspecified atom stereocenters. The number of ether oxygens (including phenoxy) is 1. The summed E-state index contributed by atoms with van der Waals surface area (Å²) in [4.78, 5) is 18.6. The van der Waals surface area contributed by atoms with Crippen molar-refractivity contribution >= 4 is 39.2 Å². The van der Waals surface area contributed by atoms with E-state index in [9.17, 15) is 10.1 Å². The molecule has 104 valence electrons. The molecule has 0 fully saturated rings. The highest BCUT2D eigenvalue weighted by Gasteiger charge is 2.12. The second-order valence-electron chi connectivity index (χ2n) is 4.17. The molecule has 0 aliphatic rings. The predicted molar refractivity (Wildman–Crippen MR) is 85.4 cm³/mol. The van der Waals surface area contributed by atoms with Gasteiger partial charge in [-0.3, -0.25) is 10.1 Å². The van der Waals surface area contributed by atoms with Crippen LogP contribution in [0.5, 0.6) is 11.6 Å². The zero-order chi connectivity index (χ0) is 14.8. The topological polar surface area (TPSA) is 78.2 Å². The van der Waals surface area contributed by atoms with Gasteiger partial charge in [-0.2, -0.15) is 0 Å². The number of halogens is 1. The summed E-state index contributed by atoms with van der Waals surface area (Å²) < 4.78 is 6.70. The van der Waals surface area contributed by atoms with E-state index < -0.39 is 4.92 Å². The number of nitrogens with zero attached hydrogens (tertiary/aromatic N) is 3. The Balaban J connectivity index is 2.11. The molecule has 0 atom stereocenters. The van der Waals surface area contributed by atoms with Crippen LogP contribution in [0.15, 0.2) is 48.8 Å². The van der Waals surface area contributed by atoms with Crippen LogP contribution in [0, 0.1) is 13.7 Å². The van der Waals surface area contributed by atoms with Gasteiger partial charge in [-0.1, -0.05) is 12.1 Å². The lowest BCUT2D eigenvalue weighted by Gasteiger charge is -2.08. The third-order valence-electron chi connectivity index (χ3n) is 2.84. The maximum absolute atomic E-state index is 10.9. The predicted octanol–water partition coefficient (Wildman–Crippen LogP) is 3.93. The first kappa shape index (κ1) is 13.7. The van der Waals surface area contributed by atoms with E-state index in [2.05, 4.69) is 32.6 Å². The molecule has 3 rings (SSSR count). The second kappa shape index (κ2) is 5.60. The minimum atomic E-state index is -0.456. The van der Waals surface area contributed by atoms with Crippen LogP contribution in [0.1, 0.15) is 0 Å². The van der Waals surface area contributed by atoms with E-state index in [1.165, 1.54) is 18.5 Å². The van der Waals surface area contributed by atoms with Gasteiger partial charge < -0.3 is 4.74 Å². The van der Waals surface area contributed by atoms with E-state index in [0.717, 1.165) is 3.57 Å². The first-order valence-corrected chi connectivity index (χ1v) is 7.04. The van der Waals surface area contributed by atoms with Crippen molar-refractivity contribution in [3.63, 3.8) is 0 Å². The SMILES string of the molecule is O=[N+]([O-])c1ccc2ncnc(Oc3ccccc3I)c2c1. The quantitative estimate of drug-likeness (QED) is 0.383. The average Bonchev–Trinajstić information content (AvgIpc) is 2.49. The number of fused-ring (bicyclic) bond motifs is 1. The Morgan fingerprint density at radius 1 is 1.14 bits per heavy atom. The highest BCUT2D eigenvalue weighted by atomic mass is 127. The molecule has 0 aliphatic carbocycles. The number of aromatic nitrogens is 2. The highest BCUT2D eigenvalue weighted by Crippen LogP contribution is 2.31. The van der Waals surface area contributed by atoms with Gasteiger partial charge >= 0.3 is 0 Å². The van der Waals surface area contributed by atoms with Crippen LogP contribution in [-0.2, 0) is 0 Å². The summed E-state index contributed by atoms with van der Waals surface area (Å²) in [5.74, 6) is 0.942. The number of benzene rings is 2. The van der Waals surface area contributed by atoms with Gasteiger partial charge in [0.15, 0.2) is 0 Å². The first-order chi connectivity index (χ1) is 10.1. The third kappa shape index (κ3) is 2.77. The third-order valence-corrected chi connectivity index (χ3v) is 3.73. The molecule has 0 spiro atoms. The molecule has 0 amide bonds. The number of nitro groups is 1. The molecule has 0 aliphatic heterocycles. The van der Waals surface area contributed by atoms with Gasteiger partial charge in [0.25, 0.3) is 5.69 Å². The summed E-state index contributed by atoms with van der Waals surface area (Å²) in [6.45, 7) is 0. The summed E-state index contributed by atoms with van der Waals surface area (Å²) in [5, 5.41) is 11.4. The molecule has 3 aromatic rings. The molecule has 0 radical (unpaired) electrons. The Morgan fingerprint density at radius 2 is 1.95 bits per heavy atom. The molecule has 7 heteroatoms. The zero-order valence-electron chi connectivity index (χ0n) is 10.6. The van der Waals surface area contributed by atoms with Gasteiger partial charge in [0, 0.05) is 12.1 Å². The van der Waals surface area contributed by atoms with Gasteiger partial charge in [-0.15, -0.1) is 0 Å². The maximum Gasteiger partial charge on any atom is 0.270 e. The fraction of sp³-hybridized carbons (Fsp3) is 0. The minimum Gasteiger partial charge on any atom is -0.437 e. The van der Waals surface area contributed by atoms with Crippen molar-refractivity contribution in [2.75, 3.05) is 0 Å². The van der Waals surface area contributed by atoms with E-state index in [4.69, 9.17) is 4.74 Å². The largest absolute Gasteiger partial charge is 0.437 e. The Morgan fingerprint density at radius 3 is 2.71 bits per heavy atom. The molecular weight excluding hydrogens is 385 g/mol. The molecule has 6 nitrogen and oxygen atoms in total. The van der Waals surface area contributed by atoms with Crippen LogP contribution < -0.4 is 4.74 Å².